The molecular formula is C16H25NO. The molecule has 1 aliphatic heterocycles. The molecule has 1 heterocycles. The van der Waals surface area contributed by atoms with Gasteiger partial charge in [-0.3, -0.25) is 0 Å². The molecule has 1 N–H and O–H groups in total. The number of fused-ring (bicyclic) bond motifs is 1. The van der Waals surface area contributed by atoms with Crippen LogP contribution in [0, 0.1) is 5.41 Å². The minimum atomic E-state index is 0.343. The highest BCUT2D eigenvalue weighted by molar-refractivity contribution is 5.37. The van der Waals surface area contributed by atoms with E-state index in [2.05, 4.69) is 43.4 Å². The third kappa shape index (κ3) is 3.05. The third-order valence-corrected chi connectivity index (χ3v) is 3.89. The smallest absolute Gasteiger partial charge is 0.123 e. The van der Waals surface area contributed by atoms with E-state index >= 15 is 0 Å². The molecule has 0 fully saturated rings. The quantitative estimate of drug-likeness (QED) is 0.832. The Morgan fingerprint density at radius 1 is 1.39 bits per heavy atom. The van der Waals surface area contributed by atoms with Gasteiger partial charge in [0.05, 0.1) is 0 Å². The number of ether oxygens (including phenoxy) is 1. The van der Waals surface area contributed by atoms with Gasteiger partial charge in [-0.1, -0.05) is 38.5 Å². The van der Waals surface area contributed by atoms with Crippen LogP contribution < -0.4 is 10.1 Å². The maximum absolute atomic E-state index is 6.07. The van der Waals surface area contributed by atoms with Crippen molar-refractivity contribution in [1.82, 2.24) is 5.32 Å². The fourth-order valence-electron chi connectivity index (χ4n) is 3.21. The Balaban J connectivity index is 1.98. The molecule has 1 aliphatic rings. The zero-order valence-electron chi connectivity index (χ0n) is 11.8. The van der Waals surface area contributed by atoms with Crippen LogP contribution in [0.3, 0.4) is 0 Å². The van der Waals surface area contributed by atoms with Crippen LogP contribution in [0.15, 0.2) is 24.3 Å². The van der Waals surface area contributed by atoms with Gasteiger partial charge in [-0.05, 0) is 36.9 Å². The molecule has 0 radical (unpaired) electrons. The van der Waals surface area contributed by atoms with Crippen molar-refractivity contribution in [3.05, 3.63) is 29.8 Å². The Kier molecular flexibility index (Phi) is 4.28. The van der Waals surface area contributed by atoms with Gasteiger partial charge in [-0.15, -0.1) is 0 Å². The molecule has 2 nitrogen and oxygen atoms in total. The monoisotopic (exact) mass is 247 g/mol. The van der Waals surface area contributed by atoms with Gasteiger partial charge in [-0.2, -0.15) is 0 Å². The van der Waals surface area contributed by atoms with Crippen LogP contribution >= 0.6 is 0 Å². The van der Waals surface area contributed by atoms with Gasteiger partial charge in [0.1, 0.15) is 11.9 Å². The fourth-order valence-corrected chi connectivity index (χ4v) is 3.21. The number of hydrogen-bond acceptors (Lipinski definition) is 2. The Bertz CT molecular complexity index is 357. The lowest BCUT2D eigenvalue weighted by Gasteiger charge is -2.31. The van der Waals surface area contributed by atoms with Gasteiger partial charge in [0.15, 0.2) is 0 Å². The normalized spacial score (nSPS) is 21.2. The molecule has 0 amide bonds. The molecule has 1 aromatic carbocycles. The first-order chi connectivity index (χ1) is 8.67. The third-order valence-electron chi connectivity index (χ3n) is 3.89. The Morgan fingerprint density at radius 2 is 2.17 bits per heavy atom. The summed E-state index contributed by atoms with van der Waals surface area (Å²) in [6.07, 6.45) is 5.05. The number of hydrogen-bond donors (Lipinski definition) is 1. The van der Waals surface area contributed by atoms with Crippen molar-refractivity contribution in [1.29, 1.82) is 0 Å². The summed E-state index contributed by atoms with van der Waals surface area (Å²) >= 11 is 0. The first-order valence-corrected chi connectivity index (χ1v) is 7.06. The lowest BCUT2D eigenvalue weighted by Crippen LogP contribution is -2.34. The van der Waals surface area contributed by atoms with Crippen molar-refractivity contribution in [2.24, 2.45) is 5.41 Å². The van der Waals surface area contributed by atoms with Crippen molar-refractivity contribution < 1.29 is 4.74 Å². The average Bonchev–Trinajstić information content (AvgIpc) is 2.70. The summed E-state index contributed by atoms with van der Waals surface area (Å²) in [4.78, 5) is 0. The second-order valence-electron chi connectivity index (χ2n) is 5.85. The molecule has 18 heavy (non-hydrogen) atoms. The molecule has 2 heteroatoms. The summed E-state index contributed by atoms with van der Waals surface area (Å²) in [5.74, 6) is 1.09. The predicted molar refractivity (Wildman–Crippen MR) is 76.1 cm³/mol. The highest BCUT2D eigenvalue weighted by atomic mass is 16.5. The minimum absolute atomic E-state index is 0.343. The van der Waals surface area contributed by atoms with Crippen molar-refractivity contribution in [3.8, 4) is 5.75 Å². The van der Waals surface area contributed by atoms with Crippen LogP contribution in [-0.4, -0.2) is 19.7 Å². The second kappa shape index (κ2) is 5.75. The van der Waals surface area contributed by atoms with Crippen molar-refractivity contribution in [2.75, 3.05) is 13.6 Å². The van der Waals surface area contributed by atoms with E-state index in [9.17, 15) is 0 Å². The molecule has 0 bridgehead atoms. The number of nitrogens with one attached hydrogen (secondary N) is 1. The molecule has 0 saturated heterocycles. The molecule has 0 aromatic heterocycles. The van der Waals surface area contributed by atoms with Crippen LogP contribution in [0.25, 0.3) is 0 Å². The Hall–Kier alpha value is -1.02. The molecule has 0 spiro atoms. The average molecular weight is 247 g/mol. The van der Waals surface area contributed by atoms with E-state index < -0.39 is 0 Å². The SMILES string of the molecule is CCCC(C)(CNC)CC1Cc2ccccc2O1. The second-order valence-corrected chi connectivity index (χ2v) is 5.85. The van der Waals surface area contributed by atoms with E-state index in [-0.39, 0.29) is 0 Å². The Labute approximate surface area is 111 Å². The summed E-state index contributed by atoms with van der Waals surface area (Å²) in [6, 6.07) is 8.43. The number of para-hydroxylation sites is 1. The summed E-state index contributed by atoms with van der Waals surface area (Å²) in [6.45, 7) is 5.70. The lowest BCUT2D eigenvalue weighted by molar-refractivity contribution is 0.137. The van der Waals surface area contributed by atoms with E-state index in [1.54, 1.807) is 0 Å². The van der Waals surface area contributed by atoms with Crippen molar-refractivity contribution in [2.45, 2.75) is 45.6 Å². The van der Waals surface area contributed by atoms with Crippen molar-refractivity contribution in [3.63, 3.8) is 0 Å². The highest BCUT2D eigenvalue weighted by Crippen LogP contribution is 2.36. The van der Waals surface area contributed by atoms with E-state index in [1.165, 1.54) is 18.4 Å². The summed E-state index contributed by atoms with van der Waals surface area (Å²) in [5.41, 5.74) is 1.71. The maximum atomic E-state index is 6.07. The van der Waals surface area contributed by atoms with Gasteiger partial charge in [0.2, 0.25) is 0 Å². The van der Waals surface area contributed by atoms with Crippen LogP contribution in [0.4, 0.5) is 0 Å². The fraction of sp³-hybridized carbons (Fsp3) is 0.625. The molecule has 1 aromatic rings. The van der Waals surface area contributed by atoms with Crippen LogP contribution in [-0.2, 0) is 6.42 Å². The van der Waals surface area contributed by atoms with Crippen LogP contribution in [0.1, 0.15) is 38.7 Å². The van der Waals surface area contributed by atoms with Gasteiger partial charge in [0, 0.05) is 13.0 Å². The molecule has 100 valence electrons. The van der Waals surface area contributed by atoms with E-state index in [0.29, 0.717) is 11.5 Å². The standard InChI is InChI=1S/C16H25NO/c1-4-9-16(2,12-17-3)11-14-10-13-7-5-6-8-15(13)18-14/h5-8,14,17H,4,9-12H2,1-3H3. The zero-order valence-corrected chi connectivity index (χ0v) is 11.8. The molecule has 2 rings (SSSR count). The van der Waals surface area contributed by atoms with Gasteiger partial charge in [-0.25, -0.2) is 0 Å². The minimum Gasteiger partial charge on any atom is -0.490 e. The first-order valence-electron chi connectivity index (χ1n) is 7.06. The molecular weight excluding hydrogens is 222 g/mol. The van der Waals surface area contributed by atoms with Gasteiger partial charge >= 0.3 is 0 Å². The summed E-state index contributed by atoms with van der Waals surface area (Å²) < 4.78 is 6.07. The topological polar surface area (TPSA) is 21.3 Å². The predicted octanol–water partition coefficient (Wildman–Crippen LogP) is 3.41. The van der Waals surface area contributed by atoms with E-state index in [4.69, 9.17) is 4.74 Å². The molecule has 2 atom stereocenters. The maximum Gasteiger partial charge on any atom is 0.123 e. The largest absolute Gasteiger partial charge is 0.490 e. The lowest BCUT2D eigenvalue weighted by atomic mass is 9.79. The zero-order chi connectivity index (χ0) is 13.0. The van der Waals surface area contributed by atoms with Crippen LogP contribution in [0.2, 0.25) is 0 Å². The van der Waals surface area contributed by atoms with Crippen LogP contribution in [0.5, 0.6) is 5.75 Å². The molecule has 0 saturated carbocycles. The Morgan fingerprint density at radius 3 is 2.83 bits per heavy atom. The molecule has 0 aliphatic carbocycles. The van der Waals surface area contributed by atoms with Crippen molar-refractivity contribution >= 4 is 0 Å². The number of benzene rings is 1. The summed E-state index contributed by atoms with van der Waals surface area (Å²) in [7, 11) is 2.04. The molecule has 2 unspecified atom stereocenters. The number of rotatable bonds is 6. The first kappa shape index (κ1) is 13.4. The highest BCUT2D eigenvalue weighted by Gasteiger charge is 2.31. The van der Waals surface area contributed by atoms with E-state index in [1.807, 2.05) is 7.05 Å². The van der Waals surface area contributed by atoms with Gasteiger partial charge < -0.3 is 10.1 Å². The summed E-state index contributed by atoms with van der Waals surface area (Å²) in [5, 5.41) is 3.33. The van der Waals surface area contributed by atoms with Gasteiger partial charge in [0.25, 0.3) is 0 Å². The van der Waals surface area contributed by atoms with E-state index in [0.717, 1.165) is 25.1 Å².